The van der Waals surface area contributed by atoms with Gasteiger partial charge >= 0.3 is 0 Å². The van der Waals surface area contributed by atoms with Gasteiger partial charge in [-0.3, -0.25) is 9.69 Å². The van der Waals surface area contributed by atoms with E-state index in [1.54, 1.807) is 0 Å². The summed E-state index contributed by atoms with van der Waals surface area (Å²) in [7, 11) is 0. The quantitative estimate of drug-likeness (QED) is 0.827. The number of amides is 1. The van der Waals surface area contributed by atoms with E-state index in [4.69, 9.17) is 9.47 Å². The number of rotatable bonds is 4. The van der Waals surface area contributed by atoms with E-state index in [9.17, 15) is 4.79 Å². The highest BCUT2D eigenvalue weighted by Gasteiger charge is 2.52. The molecule has 0 unspecified atom stereocenters. The summed E-state index contributed by atoms with van der Waals surface area (Å²) in [6.07, 6.45) is 0.508. The van der Waals surface area contributed by atoms with E-state index in [1.807, 2.05) is 12.1 Å². The Morgan fingerprint density at radius 2 is 2.04 bits per heavy atom. The highest BCUT2D eigenvalue weighted by molar-refractivity contribution is 5.79. The molecular weight excluding hydrogens is 316 g/mol. The van der Waals surface area contributed by atoms with Crippen LogP contribution in [0.5, 0.6) is 0 Å². The summed E-state index contributed by atoms with van der Waals surface area (Å²) in [6.45, 7) is 9.97. The first-order valence-electron chi connectivity index (χ1n) is 9.36. The first kappa shape index (κ1) is 17.0. The predicted molar refractivity (Wildman–Crippen MR) is 95.5 cm³/mol. The second-order valence-electron chi connectivity index (χ2n) is 7.84. The molecule has 1 aromatic carbocycles. The van der Waals surface area contributed by atoms with Crippen LogP contribution in [0.1, 0.15) is 11.1 Å². The van der Waals surface area contributed by atoms with E-state index in [1.165, 1.54) is 5.56 Å². The van der Waals surface area contributed by atoms with Crippen molar-refractivity contribution in [3.63, 3.8) is 0 Å². The van der Waals surface area contributed by atoms with Gasteiger partial charge in [-0.2, -0.15) is 0 Å². The number of likely N-dealkylation sites (tertiary alicyclic amines) is 1. The normalized spacial score (nSPS) is 29.8. The fourth-order valence-corrected chi connectivity index (χ4v) is 4.53. The summed E-state index contributed by atoms with van der Waals surface area (Å²) < 4.78 is 11.3. The SMILES string of the molecule is Cc1ccccc1CC(=O)N1C[C@H]2COC[C@@]2(CN2CCOCC2)C1. The maximum Gasteiger partial charge on any atom is 0.227 e. The molecule has 3 heterocycles. The second-order valence-corrected chi connectivity index (χ2v) is 7.84. The Labute approximate surface area is 149 Å². The van der Waals surface area contributed by atoms with Gasteiger partial charge in [0.25, 0.3) is 0 Å². The average molecular weight is 344 g/mol. The summed E-state index contributed by atoms with van der Waals surface area (Å²) in [4.78, 5) is 17.5. The minimum absolute atomic E-state index is 0.110. The fourth-order valence-electron chi connectivity index (χ4n) is 4.53. The molecule has 2 atom stereocenters. The first-order chi connectivity index (χ1) is 12.2. The van der Waals surface area contributed by atoms with Gasteiger partial charge in [-0.1, -0.05) is 24.3 Å². The lowest BCUT2D eigenvalue weighted by molar-refractivity contribution is -0.130. The topological polar surface area (TPSA) is 42.0 Å². The van der Waals surface area contributed by atoms with Crippen molar-refractivity contribution in [2.45, 2.75) is 13.3 Å². The molecule has 0 bridgehead atoms. The van der Waals surface area contributed by atoms with Crippen molar-refractivity contribution in [1.29, 1.82) is 0 Å². The van der Waals surface area contributed by atoms with E-state index in [0.29, 0.717) is 12.3 Å². The Kier molecular flexibility index (Phi) is 4.80. The summed E-state index contributed by atoms with van der Waals surface area (Å²) in [5, 5.41) is 0. The van der Waals surface area contributed by atoms with Crippen molar-refractivity contribution < 1.29 is 14.3 Å². The van der Waals surface area contributed by atoms with Gasteiger partial charge in [0.05, 0.1) is 32.8 Å². The molecule has 3 fully saturated rings. The molecular formula is C20H28N2O3. The molecule has 1 aromatic rings. The highest BCUT2D eigenvalue weighted by Crippen LogP contribution is 2.42. The van der Waals surface area contributed by atoms with Gasteiger partial charge < -0.3 is 14.4 Å². The number of morpholine rings is 1. The van der Waals surface area contributed by atoms with Crippen LogP contribution in [0, 0.1) is 18.3 Å². The first-order valence-corrected chi connectivity index (χ1v) is 9.36. The van der Waals surface area contributed by atoms with Crippen molar-refractivity contribution >= 4 is 5.91 Å². The van der Waals surface area contributed by atoms with Crippen molar-refractivity contribution in [2.75, 3.05) is 59.2 Å². The highest BCUT2D eigenvalue weighted by atomic mass is 16.5. The number of benzene rings is 1. The van der Waals surface area contributed by atoms with E-state index < -0.39 is 0 Å². The Bertz CT molecular complexity index is 629. The lowest BCUT2D eigenvalue weighted by atomic mass is 9.80. The lowest BCUT2D eigenvalue weighted by Crippen LogP contribution is -2.47. The average Bonchev–Trinajstić information content (AvgIpc) is 3.14. The minimum Gasteiger partial charge on any atom is -0.380 e. The van der Waals surface area contributed by atoms with Crippen molar-refractivity contribution in [2.24, 2.45) is 11.3 Å². The molecule has 0 aliphatic carbocycles. The zero-order chi connectivity index (χ0) is 17.3. The van der Waals surface area contributed by atoms with Crippen LogP contribution in [0.3, 0.4) is 0 Å². The van der Waals surface area contributed by atoms with Gasteiger partial charge in [-0.05, 0) is 18.1 Å². The summed E-state index contributed by atoms with van der Waals surface area (Å²) in [5.74, 6) is 0.723. The molecule has 0 radical (unpaired) electrons. The molecule has 0 aromatic heterocycles. The third-order valence-corrected chi connectivity index (χ3v) is 6.12. The Morgan fingerprint density at radius 1 is 1.24 bits per heavy atom. The van der Waals surface area contributed by atoms with Gasteiger partial charge in [-0.15, -0.1) is 0 Å². The molecule has 0 spiro atoms. The molecule has 3 aliphatic heterocycles. The van der Waals surface area contributed by atoms with Crippen LogP contribution in [-0.2, 0) is 20.7 Å². The van der Waals surface area contributed by atoms with Gasteiger partial charge in [0.1, 0.15) is 0 Å². The molecule has 3 saturated heterocycles. The van der Waals surface area contributed by atoms with Crippen LogP contribution in [0.4, 0.5) is 0 Å². The molecule has 136 valence electrons. The number of fused-ring (bicyclic) bond motifs is 1. The van der Waals surface area contributed by atoms with E-state index >= 15 is 0 Å². The maximum absolute atomic E-state index is 12.9. The van der Waals surface area contributed by atoms with E-state index in [2.05, 4.69) is 28.9 Å². The number of nitrogens with zero attached hydrogens (tertiary/aromatic N) is 2. The second kappa shape index (κ2) is 7.06. The number of ether oxygens (including phenoxy) is 2. The largest absolute Gasteiger partial charge is 0.380 e. The number of carbonyl (C=O) groups is 1. The Balaban J connectivity index is 1.43. The predicted octanol–water partition coefficient (Wildman–Crippen LogP) is 1.34. The zero-order valence-corrected chi connectivity index (χ0v) is 15.1. The molecule has 0 saturated carbocycles. The van der Waals surface area contributed by atoms with Gasteiger partial charge in [0.2, 0.25) is 5.91 Å². The lowest BCUT2D eigenvalue weighted by Gasteiger charge is -2.36. The van der Waals surface area contributed by atoms with Crippen molar-refractivity contribution in [3.05, 3.63) is 35.4 Å². The third kappa shape index (κ3) is 3.46. The van der Waals surface area contributed by atoms with Gasteiger partial charge in [0.15, 0.2) is 0 Å². The molecule has 3 aliphatic rings. The van der Waals surface area contributed by atoms with E-state index in [-0.39, 0.29) is 11.3 Å². The van der Waals surface area contributed by atoms with Crippen LogP contribution >= 0.6 is 0 Å². The van der Waals surface area contributed by atoms with Gasteiger partial charge in [-0.25, -0.2) is 0 Å². The van der Waals surface area contributed by atoms with Crippen LogP contribution < -0.4 is 0 Å². The molecule has 1 amide bonds. The smallest absolute Gasteiger partial charge is 0.227 e. The maximum atomic E-state index is 12.9. The number of carbonyl (C=O) groups excluding carboxylic acids is 1. The van der Waals surface area contributed by atoms with Crippen molar-refractivity contribution in [1.82, 2.24) is 9.80 Å². The standard InChI is InChI=1S/C20H28N2O3/c1-16-4-2-3-5-17(16)10-19(23)22-11-18-12-25-15-20(18,14-22)13-21-6-8-24-9-7-21/h2-5,18H,6-15H2,1H3/t18-,20+/m0/s1. The summed E-state index contributed by atoms with van der Waals surface area (Å²) >= 11 is 0. The summed E-state index contributed by atoms with van der Waals surface area (Å²) in [5.41, 5.74) is 2.45. The molecule has 5 nitrogen and oxygen atoms in total. The number of aryl methyl sites for hydroxylation is 1. The van der Waals surface area contributed by atoms with Crippen LogP contribution in [0.2, 0.25) is 0 Å². The zero-order valence-electron chi connectivity index (χ0n) is 15.1. The minimum atomic E-state index is 0.110. The Morgan fingerprint density at radius 3 is 2.84 bits per heavy atom. The van der Waals surface area contributed by atoms with Crippen LogP contribution in [0.15, 0.2) is 24.3 Å². The van der Waals surface area contributed by atoms with E-state index in [0.717, 1.165) is 64.7 Å². The molecule has 0 N–H and O–H groups in total. The number of hydrogen-bond acceptors (Lipinski definition) is 4. The fraction of sp³-hybridized carbons (Fsp3) is 0.650. The van der Waals surface area contributed by atoms with Gasteiger partial charge in [0, 0.05) is 44.1 Å². The molecule has 4 rings (SSSR count). The Hall–Kier alpha value is -1.43. The van der Waals surface area contributed by atoms with Crippen LogP contribution in [0.25, 0.3) is 0 Å². The van der Waals surface area contributed by atoms with Crippen molar-refractivity contribution in [3.8, 4) is 0 Å². The van der Waals surface area contributed by atoms with Crippen LogP contribution in [-0.4, -0.2) is 74.9 Å². The molecule has 5 heteroatoms. The monoisotopic (exact) mass is 344 g/mol. The third-order valence-electron chi connectivity index (χ3n) is 6.12. The summed E-state index contributed by atoms with van der Waals surface area (Å²) in [6, 6.07) is 8.19. The number of hydrogen-bond donors (Lipinski definition) is 0. The molecule has 25 heavy (non-hydrogen) atoms.